The van der Waals surface area contributed by atoms with Crippen LogP contribution < -0.4 is 5.32 Å². The Hall–Kier alpha value is -0.880. The van der Waals surface area contributed by atoms with Crippen LogP contribution in [0.1, 0.15) is 35.9 Å². The van der Waals surface area contributed by atoms with Gasteiger partial charge in [0.05, 0.1) is 0 Å². The Labute approximate surface area is 125 Å². The van der Waals surface area contributed by atoms with Crippen LogP contribution in [0.3, 0.4) is 0 Å². The van der Waals surface area contributed by atoms with E-state index >= 15 is 0 Å². The number of nitrogens with zero attached hydrogens (tertiary/aromatic N) is 1. The highest BCUT2D eigenvalue weighted by atomic mass is 79.9. The molecule has 0 radical (unpaired) electrons. The zero-order valence-electron chi connectivity index (χ0n) is 10.8. The van der Waals surface area contributed by atoms with E-state index in [0.29, 0.717) is 4.88 Å². The molecule has 4 nitrogen and oxygen atoms in total. The fraction of sp³-hybridized carbons (Fsp3) is 0.538. The Balaban J connectivity index is 1.93. The van der Waals surface area contributed by atoms with Crippen molar-refractivity contribution in [2.75, 3.05) is 13.1 Å². The van der Waals surface area contributed by atoms with Gasteiger partial charge in [0, 0.05) is 17.6 Å². The van der Waals surface area contributed by atoms with Gasteiger partial charge in [0.15, 0.2) is 0 Å². The number of thiophene rings is 1. The zero-order chi connectivity index (χ0) is 13.8. The Kier molecular flexibility index (Phi) is 4.99. The molecule has 0 aliphatic carbocycles. The smallest absolute Gasteiger partial charge is 0.263 e. The highest BCUT2D eigenvalue weighted by molar-refractivity contribution is 9.10. The first kappa shape index (κ1) is 14.5. The second-order valence-electron chi connectivity index (χ2n) is 4.68. The van der Waals surface area contributed by atoms with Crippen molar-refractivity contribution in [2.24, 2.45) is 0 Å². The number of halogens is 1. The third-order valence-corrected chi connectivity index (χ3v) is 5.05. The Morgan fingerprint density at radius 2 is 2.05 bits per heavy atom. The highest BCUT2D eigenvalue weighted by Crippen LogP contribution is 2.22. The predicted molar refractivity (Wildman–Crippen MR) is 79.4 cm³/mol. The van der Waals surface area contributed by atoms with Crippen LogP contribution in [0.4, 0.5) is 0 Å². The molecule has 104 valence electrons. The van der Waals surface area contributed by atoms with Gasteiger partial charge in [-0.15, -0.1) is 11.3 Å². The van der Waals surface area contributed by atoms with Crippen LogP contribution in [0.2, 0.25) is 0 Å². The molecule has 1 atom stereocenters. The molecule has 2 rings (SSSR count). The van der Waals surface area contributed by atoms with Gasteiger partial charge >= 0.3 is 0 Å². The summed E-state index contributed by atoms with van der Waals surface area (Å²) in [5.41, 5.74) is 0. The summed E-state index contributed by atoms with van der Waals surface area (Å²) in [4.78, 5) is 26.7. The maximum atomic E-state index is 12.2. The quantitative estimate of drug-likeness (QED) is 0.916. The number of hydrogen-bond acceptors (Lipinski definition) is 3. The molecule has 0 saturated carbocycles. The number of likely N-dealkylation sites (tertiary alicyclic amines) is 1. The summed E-state index contributed by atoms with van der Waals surface area (Å²) in [6.07, 6.45) is 3.30. The Bertz CT molecular complexity index is 469. The number of rotatable bonds is 3. The number of carbonyl (C=O) groups is 2. The molecule has 6 heteroatoms. The standard InChI is InChI=1S/C13H17BrN2O2S/c1-9(13(18)16-6-3-2-4-7-16)15-12(17)11-10(14)5-8-19-11/h5,8-9H,2-4,6-7H2,1H3,(H,15,17). The van der Waals surface area contributed by atoms with Gasteiger partial charge in [0.2, 0.25) is 5.91 Å². The van der Waals surface area contributed by atoms with E-state index in [-0.39, 0.29) is 11.8 Å². The minimum Gasteiger partial charge on any atom is -0.341 e. The van der Waals surface area contributed by atoms with Crippen molar-refractivity contribution >= 4 is 39.1 Å². The molecular formula is C13H17BrN2O2S. The fourth-order valence-corrected chi connectivity index (χ4v) is 3.62. The molecule has 0 aromatic carbocycles. The lowest BCUT2D eigenvalue weighted by molar-refractivity contribution is -0.133. The number of hydrogen-bond donors (Lipinski definition) is 1. The fourth-order valence-electron chi connectivity index (χ4n) is 2.17. The van der Waals surface area contributed by atoms with Crippen molar-refractivity contribution in [1.82, 2.24) is 10.2 Å². The van der Waals surface area contributed by atoms with Crippen molar-refractivity contribution in [3.8, 4) is 0 Å². The maximum Gasteiger partial charge on any atom is 0.263 e. The number of carbonyl (C=O) groups excluding carboxylic acids is 2. The topological polar surface area (TPSA) is 49.4 Å². The lowest BCUT2D eigenvalue weighted by atomic mass is 10.1. The molecule has 1 aromatic rings. The zero-order valence-corrected chi connectivity index (χ0v) is 13.2. The SMILES string of the molecule is CC(NC(=O)c1sccc1Br)C(=O)N1CCCCC1. The minimum absolute atomic E-state index is 0.0146. The molecular weight excluding hydrogens is 328 g/mol. The number of piperidine rings is 1. The van der Waals surface area contributed by atoms with E-state index in [0.717, 1.165) is 30.4 Å². The van der Waals surface area contributed by atoms with Crippen molar-refractivity contribution in [3.63, 3.8) is 0 Å². The molecule has 1 fully saturated rings. The molecule has 0 bridgehead atoms. The molecule has 1 N–H and O–H groups in total. The van der Waals surface area contributed by atoms with Crippen molar-refractivity contribution in [1.29, 1.82) is 0 Å². The summed E-state index contributed by atoms with van der Waals surface area (Å²) in [7, 11) is 0. The predicted octanol–water partition coefficient (Wildman–Crippen LogP) is 2.64. The molecule has 1 aliphatic heterocycles. The van der Waals surface area contributed by atoms with Gasteiger partial charge < -0.3 is 10.2 Å². The first-order valence-corrected chi connectivity index (χ1v) is 8.09. The normalized spacial score (nSPS) is 17.1. The molecule has 19 heavy (non-hydrogen) atoms. The molecule has 1 aliphatic rings. The molecule has 1 aromatic heterocycles. The molecule has 1 saturated heterocycles. The summed E-state index contributed by atoms with van der Waals surface area (Å²) in [6, 6.07) is 1.36. The van der Waals surface area contributed by atoms with Crippen molar-refractivity contribution in [3.05, 3.63) is 20.8 Å². The molecule has 2 amide bonds. The summed E-state index contributed by atoms with van der Waals surface area (Å²) in [6.45, 7) is 3.36. The van der Waals surface area contributed by atoms with E-state index in [1.807, 2.05) is 16.3 Å². The number of nitrogens with one attached hydrogen (secondary N) is 1. The Morgan fingerprint density at radius 1 is 1.37 bits per heavy atom. The van der Waals surface area contributed by atoms with Crippen molar-refractivity contribution < 1.29 is 9.59 Å². The van der Waals surface area contributed by atoms with E-state index in [9.17, 15) is 9.59 Å². The highest BCUT2D eigenvalue weighted by Gasteiger charge is 2.24. The van der Waals surface area contributed by atoms with Crippen molar-refractivity contribution in [2.45, 2.75) is 32.2 Å². The van der Waals surface area contributed by atoms with Crippen LogP contribution in [0.5, 0.6) is 0 Å². The van der Waals surface area contributed by atoms with Gasteiger partial charge in [0.1, 0.15) is 10.9 Å². The summed E-state index contributed by atoms with van der Waals surface area (Å²) < 4.78 is 0.771. The monoisotopic (exact) mass is 344 g/mol. The number of amides is 2. The van der Waals surface area contributed by atoms with Gasteiger partial charge in [0.25, 0.3) is 5.91 Å². The van der Waals surface area contributed by atoms with E-state index in [1.54, 1.807) is 6.92 Å². The van der Waals surface area contributed by atoms with Crippen LogP contribution >= 0.6 is 27.3 Å². The van der Waals surface area contributed by atoms with Gasteiger partial charge in [-0.2, -0.15) is 0 Å². The molecule has 1 unspecified atom stereocenters. The third-order valence-electron chi connectivity index (χ3n) is 3.21. The van der Waals surface area contributed by atoms with Crippen LogP contribution in [0.15, 0.2) is 15.9 Å². The van der Waals surface area contributed by atoms with E-state index < -0.39 is 6.04 Å². The summed E-state index contributed by atoms with van der Waals surface area (Å²) >= 11 is 4.69. The maximum absolute atomic E-state index is 12.2. The van der Waals surface area contributed by atoms with Gasteiger partial charge in [-0.3, -0.25) is 9.59 Å². The van der Waals surface area contributed by atoms with Crippen LogP contribution in [-0.4, -0.2) is 35.8 Å². The summed E-state index contributed by atoms with van der Waals surface area (Å²) in [5, 5.41) is 4.61. The van der Waals surface area contributed by atoms with Gasteiger partial charge in [-0.05, 0) is 53.6 Å². The second-order valence-corrected chi connectivity index (χ2v) is 6.45. The third kappa shape index (κ3) is 3.57. The lowest BCUT2D eigenvalue weighted by Gasteiger charge is -2.29. The first-order chi connectivity index (χ1) is 9.09. The Morgan fingerprint density at radius 3 is 2.63 bits per heavy atom. The second kappa shape index (κ2) is 6.52. The summed E-state index contributed by atoms with van der Waals surface area (Å²) in [5.74, 6) is -0.180. The van der Waals surface area contributed by atoms with Crippen LogP contribution in [0, 0.1) is 0 Å². The van der Waals surface area contributed by atoms with E-state index in [2.05, 4.69) is 21.2 Å². The molecule has 2 heterocycles. The van der Waals surface area contributed by atoms with Crippen LogP contribution in [-0.2, 0) is 4.79 Å². The largest absolute Gasteiger partial charge is 0.341 e. The molecule has 0 spiro atoms. The average Bonchev–Trinajstić information content (AvgIpc) is 2.85. The average molecular weight is 345 g/mol. The van der Waals surface area contributed by atoms with E-state index in [1.165, 1.54) is 17.8 Å². The van der Waals surface area contributed by atoms with Crippen LogP contribution in [0.25, 0.3) is 0 Å². The van der Waals surface area contributed by atoms with E-state index in [4.69, 9.17) is 0 Å². The van der Waals surface area contributed by atoms with Gasteiger partial charge in [-0.1, -0.05) is 0 Å². The first-order valence-electron chi connectivity index (χ1n) is 6.42. The van der Waals surface area contributed by atoms with Gasteiger partial charge in [-0.25, -0.2) is 0 Å². The lowest BCUT2D eigenvalue weighted by Crippen LogP contribution is -2.48. The minimum atomic E-state index is -0.473.